The molecule has 0 radical (unpaired) electrons. The van der Waals surface area contributed by atoms with Gasteiger partial charge < -0.3 is 9.72 Å². The molecule has 0 aliphatic heterocycles. The molecule has 0 aliphatic carbocycles. The van der Waals surface area contributed by atoms with Crippen LogP contribution < -0.4 is 5.56 Å². The Morgan fingerprint density at radius 3 is 2.69 bits per heavy atom. The Balaban J connectivity index is 1.84. The number of aromatic amines is 1. The van der Waals surface area contributed by atoms with E-state index in [-0.39, 0.29) is 30.1 Å². The second kappa shape index (κ2) is 9.00. The number of aryl methyl sites for hydroxylation is 1. The minimum absolute atomic E-state index is 0.00395. The van der Waals surface area contributed by atoms with Crippen molar-refractivity contribution in [2.45, 2.75) is 32.3 Å². The van der Waals surface area contributed by atoms with E-state index in [1.54, 1.807) is 11.5 Å². The third-order valence-corrected chi connectivity index (χ3v) is 6.32. The number of carbonyl (C=O) groups is 2. The van der Waals surface area contributed by atoms with E-state index in [4.69, 9.17) is 9.72 Å². The molecule has 4 rings (SSSR count). The number of ketones is 1. The van der Waals surface area contributed by atoms with Crippen LogP contribution in [0, 0.1) is 13.8 Å². The lowest BCUT2D eigenvalue weighted by molar-refractivity contribution is -0.145. The highest BCUT2D eigenvalue weighted by Crippen LogP contribution is 2.28. The van der Waals surface area contributed by atoms with E-state index >= 15 is 0 Å². The van der Waals surface area contributed by atoms with Crippen molar-refractivity contribution in [2.75, 3.05) is 12.4 Å². The largest absolute Gasteiger partial charge is 0.466 e. The molecule has 7 nitrogen and oxygen atoms in total. The molecule has 0 bridgehead atoms. The highest BCUT2D eigenvalue weighted by atomic mass is 32.2. The smallest absolute Gasteiger partial charge is 0.313 e. The predicted molar refractivity (Wildman–Crippen MR) is 126 cm³/mol. The highest BCUT2D eigenvalue weighted by Gasteiger charge is 2.20. The first-order valence-electron chi connectivity index (χ1n) is 10.3. The number of thioether (sulfide) groups is 1. The topological polar surface area (TPSA) is 94.1 Å². The molecule has 2 aromatic heterocycles. The first-order chi connectivity index (χ1) is 15.4. The maximum Gasteiger partial charge on any atom is 0.313 e. The van der Waals surface area contributed by atoms with Crippen molar-refractivity contribution in [3.63, 3.8) is 0 Å². The minimum atomic E-state index is -0.551. The number of fused-ring (bicyclic) bond motifs is 3. The van der Waals surface area contributed by atoms with Crippen LogP contribution in [0.3, 0.4) is 0 Å². The van der Waals surface area contributed by atoms with E-state index in [1.165, 1.54) is 0 Å². The van der Waals surface area contributed by atoms with Crippen LogP contribution in [0.5, 0.6) is 0 Å². The van der Waals surface area contributed by atoms with E-state index in [9.17, 15) is 14.4 Å². The van der Waals surface area contributed by atoms with Gasteiger partial charge in [-0.15, -0.1) is 0 Å². The molecule has 0 saturated heterocycles. The maximum atomic E-state index is 13.6. The van der Waals surface area contributed by atoms with Crippen molar-refractivity contribution in [3.05, 3.63) is 63.9 Å². The number of Topliss-reactive ketones (excluding diaryl/α,β-unsaturated/α-hetero) is 1. The summed E-state index contributed by atoms with van der Waals surface area (Å²) in [6.07, 6.45) is -0.302. The summed E-state index contributed by atoms with van der Waals surface area (Å²) < 4.78 is 6.40. The van der Waals surface area contributed by atoms with Crippen LogP contribution in [0.4, 0.5) is 0 Å². The van der Waals surface area contributed by atoms with Gasteiger partial charge in [0.2, 0.25) is 0 Å². The first-order valence-corrected chi connectivity index (χ1v) is 11.3. The molecule has 4 aromatic rings. The molecule has 0 spiro atoms. The zero-order chi connectivity index (χ0) is 22.8. The number of nitrogens with one attached hydrogen (secondary N) is 1. The average molecular weight is 450 g/mol. The summed E-state index contributed by atoms with van der Waals surface area (Å²) >= 11 is 1.15. The average Bonchev–Trinajstić information content (AvgIpc) is 3.14. The zero-order valence-corrected chi connectivity index (χ0v) is 18.9. The van der Waals surface area contributed by atoms with E-state index in [0.717, 1.165) is 33.8 Å². The van der Waals surface area contributed by atoms with E-state index in [0.29, 0.717) is 21.9 Å². The van der Waals surface area contributed by atoms with E-state index < -0.39 is 5.97 Å². The third-order valence-electron chi connectivity index (χ3n) is 5.32. The van der Waals surface area contributed by atoms with Gasteiger partial charge in [-0.25, -0.2) is 4.98 Å². The van der Waals surface area contributed by atoms with E-state index in [1.807, 2.05) is 56.3 Å². The number of para-hydroxylation sites is 1. The summed E-state index contributed by atoms with van der Waals surface area (Å²) in [6.45, 7) is 5.85. The molecule has 2 heterocycles. The Morgan fingerprint density at radius 1 is 1.12 bits per heavy atom. The lowest BCUT2D eigenvalue weighted by Gasteiger charge is -2.15. The van der Waals surface area contributed by atoms with Crippen molar-refractivity contribution in [2.24, 2.45) is 0 Å². The van der Waals surface area contributed by atoms with Gasteiger partial charge in [-0.2, -0.15) is 0 Å². The van der Waals surface area contributed by atoms with Crippen molar-refractivity contribution >= 4 is 45.5 Å². The molecule has 0 amide bonds. The number of ether oxygens (including phenoxy) is 1. The molecule has 32 heavy (non-hydrogen) atoms. The second-order valence-electron chi connectivity index (χ2n) is 7.46. The molecule has 1 N–H and O–H groups in total. The number of aromatic nitrogens is 3. The fourth-order valence-corrected chi connectivity index (χ4v) is 4.46. The molecular weight excluding hydrogens is 426 g/mol. The Bertz CT molecular complexity index is 1400. The van der Waals surface area contributed by atoms with Crippen molar-refractivity contribution in [3.8, 4) is 5.69 Å². The van der Waals surface area contributed by atoms with Gasteiger partial charge in [0.05, 0.1) is 18.0 Å². The summed E-state index contributed by atoms with van der Waals surface area (Å²) in [7, 11) is 0. The number of nitrogens with zero attached hydrogens (tertiary/aromatic N) is 2. The van der Waals surface area contributed by atoms with Crippen LogP contribution in [-0.2, 0) is 14.3 Å². The fourth-order valence-electron chi connectivity index (χ4n) is 3.60. The monoisotopic (exact) mass is 449 g/mol. The number of hydrogen-bond donors (Lipinski definition) is 1. The Hall–Kier alpha value is -3.39. The number of H-pyrrole nitrogens is 1. The molecule has 8 heteroatoms. The number of benzene rings is 2. The van der Waals surface area contributed by atoms with Gasteiger partial charge in [-0.1, -0.05) is 42.1 Å². The predicted octanol–water partition coefficient (Wildman–Crippen LogP) is 4.10. The Kier molecular flexibility index (Phi) is 6.14. The molecule has 2 aromatic carbocycles. The van der Waals surface area contributed by atoms with Crippen LogP contribution >= 0.6 is 11.8 Å². The summed E-state index contributed by atoms with van der Waals surface area (Å²) in [5, 5.41) is 1.24. The van der Waals surface area contributed by atoms with E-state index in [2.05, 4.69) is 4.98 Å². The second-order valence-corrected chi connectivity index (χ2v) is 8.40. The molecule has 0 unspecified atom stereocenters. The highest BCUT2D eigenvalue weighted by molar-refractivity contribution is 7.99. The lowest BCUT2D eigenvalue weighted by Crippen LogP contribution is -2.23. The van der Waals surface area contributed by atoms with Crippen molar-refractivity contribution in [1.29, 1.82) is 0 Å². The van der Waals surface area contributed by atoms with Crippen LogP contribution in [0.2, 0.25) is 0 Å². The zero-order valence-electron chi connectivity index (χ0n) is 18.1. The van der Waals surface area contributed by atoms with Gasteiger partial charge in [0.15, 0.2) is 10.9 Å². The molecule has 0 atom stereocenters. The van der Waals surface area contributed by atoms with Gasteiger partial charge in [0, 0.05) is 10.9 Å². The Morgan fingerprint density at radius 2 is 1.91 bits per heavy atom. The molecule has 0 fully saturated rings. The van der Waals surface area contributed by atoms with Crippen LogP contribution in [0.15, 0.2) is 52.4 Å². The number of carbonyl (C=O) groups excluding carboxylic acids is 2. The normalized spacial score (nSPS) is 11.2. The maximum absolute atomic E-state index is 13.6. The summed E-state index contributed by atoms with van der Waals surface area (Å²) in [6, 6.07) is 13.3. The summed E-state index contributed by atoms with van der Waals surface area (Å²) in [5.41, 5.74) is 4.26. The van der Waals surface area contributed by atoms with Crippen LogP contribution in [0.1, 0.15) is 24.5 Å². The number of hydrogen-bond acceptors (Lipinski definition) is 6. The molecule has 164 valence electrons. The van der Waals surface area contributed by atoms with Gasteiger partial charge in [0.25, 0.3) is 5.56 Å². The fraction of sp³-hybridized carbons (Fsp3) is 0.250. The van der Waals surface area contributed by atoms with Gasteiger partial charge in [0.1, 0.15) is 17.5 Å². The SMILES string of the molecule is CCOC(=O)CC(=O)CSc1nc2c([nH]c3ccccc32)c(=O)n1-c1cccc(C)c1C. The number of rotatable bonds is 7. The van der Waals surface area contributed by atoms with Gasteiger partial charge in [-0.05, 0) is 44.0 Å². The standard InChI is InChI=1S/C24H23N3O4S/c1-4-31-20(29)12-16(28)13-32-24-26-21-17-9-5-6-10-18(17)25-22(21)23(30)27(24)19-11-7-8-14(2)15(19)3/h5-11,25H,4,12-13H2,1-3H3. The van der Waals surface area contributed by atoms with Gasteiger partial charge in [-0.3, -0.25) is 19.0 Å². The molecule has 0 aliphatic rings. The molecule has 0 saturated carbocycles. The molecular formula is C24H23N3O4S. The summed E-state index contributed by atoms with van der Waals surface area (Å²) in [4.78, 5) is 45.6. The van der Waals surface area contributed by atoms with Crippen LogP contribution in [-0.4, -0.2) is 38.6 Å². The minimum Gasteiger partial charge on any atom is -0.466 e. The van der Waals surface area contributed by atoms with Crippen LogP contribution in [0.25, 0.3) is 27.6 Å². The first kappa shape index (κ1) is 21.8. The summed E-state index contributed by atoms with van der Waals surface area (Å²) in [5.74, 6) is -0.830. The van der Waals surface area contributed by atoms with Gasteiger partial charge >= 0.3 is 5.97 Å². The lowest BCUT2D eigenvalue weighted by atomic mass is 10.1. The quantitative estimate of drug-likeness (QED) is 0.198. The third kappa shape index (κ3) is 4.05. The Labute approximate surface area is 188 Å². The van der Waals surface area contributed by atoms with Crippen molar-refractivity contribution < 1.29 is 14.3 Å². The number of esters is 1. The van der Waals surface area contributed by atoms with Crippen molar-refractivity contribution in [1.82, 2.24) is 14.5 Å².